The molecule has 4 heteroatoms. The van der Waals surface area contributed by atoms with Gasteiger partial charge in [0.25, 0.3) is 0 Å². The Kier molecular flexibility index (Phi) is 5.94. The van der Waals surface area contributed by atoms with E-state index >= 15 is 0 Å². The van der Waals surface area contributed by atoms with Crippen LogP contribution in [0.15, 0.2) is 24.3 Å². The van der Waals surface area contributed by atoms with Crippen LogP contribution in [0.2, 0.25) is 0 Å². The van der Waals surface area contributed by atoms with E-state index in [-0.39, 0.29) is 0 Å². The quantitative estimate of drug-likeness (QED) is 0.755. The Morgan fingerprint density at radius 3 is 2.71 bits per heavy atom. The Labute approximate surface area is 109 Å². The summed E-state index contributed by atoms with van der Waals surface area (Å²) in [6.45, 7) is 4.86. The predicted molar refractivity (Wildman–Crippen MR) is 75.3 cm³/mol. The van der Waals surface area contributed by atoms with Gasteiger partial charge in [0.15, 0.2) is 0 Å². The van der Waals surface area contributed by atoms with Gasteiger partial charge < -0.3 is 10.5 Å². The molecule has 0 aliphatic heterocycles. The van der Waals surface area contributed by atoms with Gasteiger partial charge in [0.2, 0.25) is 0 Å². The van der Waals surface area contributed by atoms with Crippen molar-refractivity contribution >= 4 is 17.2 Å². The summed E-state index contributed by atoms with van der Waals surface area (Å²) in [6, 6.07) is 8.08. The number of hydrogen-bond donors (Lipinski definition) is 1. The van der Waals surface area contributed by atoms with Crippen molar-refractivity contribution in [2.75, 3.05) is 20.2 Å². The summed E-state index contributed by atoms with van der Waals surface area (Å²) in [5.41, 5.74) is 6.72. The highest BCUT2D eigenvalue weighted by Crippen LogP contribution is 2.19. The topological polar surface area (TPSA) is 38.5 Å². The van der Waals surface area contributed by atoms with Crippen molar-refractivity contribution in [3.05, 3.63) is 29.8 Å². The molecule has 0 fully saturated rings. The monoisotopic (exact) mass is 252 g/mol. The van der Waals surface area contributed by atoms with Crippen molar-refractivity contribution in [1.82, 2.24) is 4.90 Å². The molecule has 0 atom stereocenters. The zero-order valence-electron chi connectivity index (χ0n) is 10.5. The Hall–Kier alpha value is -1.13. The van der Waals surface area contributed by atoms with Gasteiger partial charge in [0.05, 0.1) is 12.1 Å². The first kappa shape index (κ1) is 13.9. The number of benzene rings is 1. The molecule has 1 aromatic carbocycles. The fourth-order valence-electron chi connectivity index (χ4n) is 1.69. The van der Waals surface area contributed by atoms with E-state index in [0.717, 1.165) is 31.8 Å². The zero-order chi connectivity index (χ0) is 12.7. The minimum absolute atomic E-state index is 0.573. The van der Waals surface area contributed by atoms with Crippen LogP contribution < -0.4 is 10.5 Å². The van der Waals surface area contributed by atoms with Gasteiger partial charge in [-0.05, 0) is 12.6 Å². The number of rotatable bonds is 7. The van der Waals surface area contributed by atoms with E-state index in [2.05, 4.69) is 17.9 Å². The largest absolute Gasteiger partial charge is 0.496 e. The molecular weight excluding hydrogens is 232 g/mol. The van der Waals surface area contributed by atoms with Gasteiger partial charge in [-0.3, -0.25) is 4.90 Å². The van der Waals surface area contributed by atoms with Crippen LogP contribution in [0.25, 0.3) is 0 Å². The third kappa shape index (κ3) is 4.71. The first-order valence-electron chi connectivity index (χ1n) is 5.80. The van der Waals surface area contributed by atoms with Crippen LogP contribution in [0.3, 0.4) is 0 Å². The summed E-state index contributed by atoms with van der Waals surface area (Å²) >= 11 is 4.90. The molecule has 1 aromatic rings. The third-order valence-corrected chi connectivity index (χ3v) is 2.91. The fourth-order valence-corrected chi connectivity index (χ4v) is 1.78. The zero-order valence-corrected chi connectivity index (χ0v) is 11.3. The van der Waals surface area contributed by atoms with Gasteiger partial charge in [0.1, 0.15) is 5.75 Å². The molecule has 0 amide bonds. The summed E-state index contributed by atoms with van der Waals surface area (Å²) in [6.07, 6.45) is 0.762. The average Bonchev–Trinajstić information content (AvgIpc) is 2.34. The number of nitrogens with two attached hydrogens (primary N) is 1. The molecule has 0 aromatic heterocycles. The maximum atomic E-state index is 5.52. The van der Waals surface area contributed by atoms with Crippen LogP contribution in [0, 0.1) is 0 Å². The van der Waals surface area contributed by atoms with Gasteiger partial charge in [-0.2, -0.15) is 0 Å². The van der Waals surface area contributed by atoms with Crippen molar-refractivity contribution in [2.24, 2.45) is 5.73 Å². The van der Waals surface area contributed by atoms with Crippen LogP contribution in [0.1, 0.15) is 18.9 Å². The van der Waals surface area contributed by atoms with Crippen molar-refractivity contribution in [3.63, 3.8) is 0 Å². The molecule has 0 saturated carbocycles. The highest BCUT2D eigenvalue weighted by atomic mass is 32.1. The first-order chi connectivity index (χ1) is 8.17. The van der Waals surface area contributed by atoms with E-state index in [1.165, 1.54) is 5.56 Å². The lowest BCUT2D eigenvalue weighted by molar-refractivity contribution is 0.282. The van der Waals surface area contributed by atoms with Crippen molar-refractivity contribution < 1.29 is 4.74 Å². The molecule has 17 heavy (non-hydrogen) atoms. The maximum Gasteiger partial charge on any atom is 0.123 e. The molecule has 0 heterocycles. The van der Waals surface area contributed by atoms with E-state index in [9.17, 15) is 0 Å². The second-order valence-electron chi connectivity index (χ2n) is 3.90. The maximum absolute atomic E-state index is 5.52. The molecule has 0 saturated heterocycles. The van der Waals surface area contributed by atoms with Gasteiger partial charge in [-0.15, -0.1) is 0 Å². The second-order valence-corrected chi connectivity index (χ2v) is 4.42. The molecule has 0 spiro atoms. The SMILES string of the molecule is CCN(CCC(N)=S)Cc1ccccc1OC. The fraction of sp³-hybridized carbons (Fsp3) is 0.462. The lowest BCUT2D eigenvalue weighted by atomic mass is 10.2. The molecule has 3 nitrogen and oxygen atoms in total. The van der Waals surface area contributed by atoms with Crippen molar-refractivity contribution in [1.29, 1.82) is 0 Å². The minimum atomic E-state index is 0.573. The van der Waals surface area contributed by atoms with Crippen molar-refractivity contribution in [3.8, 4) is 5.75 Å². The third-order valence-electron chi connectivity index (χ3n) is 2.71. The van der Waals surface area contributed by atoms with Gasteiger partial charge in [0, 0.05) is 25.1 Å². The van der Waals surface area contributed by atoms with Gasteiger partial charge in [-0.25, -0.2) is 0 Å². The predicted octanol–water partition coefficient (Wildman–Crippen LogP) is 2.19. The van der Waals surface area contributed by atoms with Crippen LogP contribution >= 0.6 is 12.2 Å². The lowest BCUT2D eigenvalue weighted by Crippen LogP contribution is -2.27. The van der Waals surface area contributed by atoms with Gasteiger partial charge in [-0.1, -0.05) is 37.3 Å². The van der Waals surface area contributed by atoms with E-state index in [4.69, 9.17) is 22.7 Å². The van der Waals surface area contributed by atoms with Crippen LogP contribution in [0.4, 0.5) is 0 Å². The average molecular weight is 252 g/mol. The van der Waals surface area contributed by atoms with Crippen molar-refractivity contribution in [2.45, 2.75) is 19.9 Å². The van der Waals surface area contributed by atoms with E-state index in [1.807, 2.05) is 18.2 Å². The molecule has 1 rings (SSSR count). The molecular formula is C13H20N2OS. The van der Waals surface area contributed by atoms with E-state index in [0.29, 0.717) is 4.99 Å². The summed E-state index contributed by atoms with van der Waals surface area (Å²) in [7, 11) is 1.70. The molecule has 2 N–H and O–H groups in total. The molecule has 0 bridgehead atoms. The smallest absolute Gasteiger partial charge is 0.123 e. The number of methoxy groups -OCH3 is 1. The number of hydrogen-bond acceptors (Lipinski definition) is 3. The molecule has 94 valence electrons. The number of para-hydroxylation sites is 1. The Balaban J connectivity index is 2.63. The number of nitrogens with zero attached hydrogens (tertiary/aromatic N) is 1. The van der Waals surface area contributed by atoms with Crippen LogP contribution in [-0.4, -0.2) is 30.1 Å². The molecule has 0 radical (unpaired) electrons. The van der Waals surface area contributed by atoms with Crippen LogP contribution in [-0.2, 0) is 6.54 Å². The summed E-state index contributed by atoms with van der Waals surface area (Å²) in [4.78, 5) is 2.88. The molecule has 0 aliphatic carbocycles. The van der Waals surface area contributed by atoms with E-state index in [1.54, 1.807) is 7.11 Å². The van der Waals surface area contributed by atoms with Crippen LogP contribution in [0.5, 0.6) is 5.75 Å². The first-order valence-corrected chi connectivity index (χ1v) is 6.20. The highest BCUT2D eigenvalue weighted by Gasteiger charge is 2.07. The highest BCUT2D eigenvalue weighted by molar-refractivity contribution is 7.80. The number of thiocarbonyl (C=S) groups is 1. The minimum Gasteiger partial charge on any atom is -0.496 e. The summed E-state index contributed by atoms with van der Waals surface area (Å²) in [5.74, 6) is 0.932. The second kappa shape index (κ2) is 7.25. The summed E-state index contributed by atoms with van der Waals surface area (Å²) < 4.78 is 5.34. The Morgan fingerprint density at radius 1 is 1.41 bits per heavy atom. The van der Waals surface area contributed by atoms with Gasteiger partial charge >= 0.3 is 0 Å². The summed E-state index contributed by atoms with van der Waals surface area (Å²) in [5, 5.41) is 0. The Bertz CT molecular complexity index is 368. The standard InChI is InChI=1S/C13H20N2OS/c1-3-15(9-8-13(14)17)10-11-6-4-5-7-12(11)16-2/h4-7H,3,8-10H2,1-2H3,(H2,14,17). The lowest BCUT2D eigenvalue weighted by Gasteiger charge is -2.21. The molecule has 0 aliphatic rings. The number of ether oxygens (including phenoxy) is 1. The van der Waals surface area contributed by atoms with E-state index < -0.39 is 0 Å². The normalized spacial score (nSPS) is 10.5. The molecule has 0 unspecified atom stereocenters. The Morgan fingerprint density at radius 2 is 2.12 bits per heavy atom.